The predicted molar refractivity (Wildman–Crippen MR) is 115 cm³/mol. The summed E-state index contributed by atoms with van der Waals surface area (Å²) in [6.45, 7) is -0.470. The van der Waals surface area contributed by atoms with Crippen LogP contribution in [0.2, 0.25) is 0 Å². The van der Waals surface area contributed by atoms with Crippen molar-refractivity contribution in [1.29, 1.82) is 0 Å². The number of benzene rings is 2. The lowest BCUT2D eigenvalue weighted by molar-refractivity contribution is -0.173. The Balaban J connectivity index is 2.25. The van der Waals surface area contributed by atoms with Crippen LogP contribution >= 0.6 is 0 Å². The van der Waals surface area contributed by atoms with Crippen molar-refractivity contribution in [3.63, 3.8) is 0 Å². The van der Waals surface area contributed by atoms with E-state index in [-0.39, 0.29) is 19.6 Å². The Bertz CT molecular complexity index is 967. The molecule has 2 aromatic rings. The van der Waals surface area contributed by atoms with Crippen molar-refractivity contribution >= 4 is 23.9 Å². The van der Waals surface area contributed by atoms with Crippen LogP contribution in [-0.4, -0.2) is 45.7 Å². The molecule has 2 aromatic carbocycles. The van der Waals surface area contributed by atoms with Gasteiger partial charge in [-0.3, -0.25) is 9.59 Å². The highest BCUT2D eigenvalue weighted by Crippen LogP contribution is 2.26. The van der Waals surface area contributed by atoms with E-state index in [9.17, 15) is 24.3 Å². The largest absolute Gasteiger partial charge is 0.480 e. The first kappa shape index (κ1) is 25.5. The molecule has 0 saturated carbocycles. The average Bonchev–Trinajstić information content (AvgIpc) is 2.81. The van der Waals surface area contributed by atoms with Crippen LogP contribution in [0.25, 0.3) is 0 Å². The number of rotatable bonds is 12. The molecule has 10 nitrogen and oxygen atoms in total. The zero-order chi connectivity index (χ0) is 24.4. The number of carboxylic acid groups (broad SMARTS) is 2. The standard InChI is InChI=1S/C23H26N2O8/c24-18(19(26)27)12-11-17(20(28)32-13-15-7-3-1-4-8-15)23(25,21(29)30)22(31)33-14-16-9-5-2-6-10-16/h1-10,17-18H,11-14,24-25H2,(H,26,27)(H,29,30). The van der Waals surface area contributed by atoms with Gasteiger partial charge in [0.25, 0.3) is 0 Å². The van der Waals surface area contributed by atoms with Gasteiger partial charge in [-0.2, -0.15) is 0 Å². The highest BCUT2D eigenvalue weighted by molar-refractivity contribution is 6.07. The monoisotopic (exact) mass is 458 g/mol. The fraction of sp³-hybridized carbons (Fsp3) is 0.304. The first-order chi connectivity index (χ1) is 15.7. The van der Waals surface area contributed by atoms with Gasteiger partial charge in [-0.05, 0) is 24.0 Å². The van der Waals surface area contributed by atoms with Gasteiger partial charge in [0.1, 0.15) is 19.3 Å². The van der Waals surface area contributed by atoms with E-state index in [2.05, 4.69) is 0 Å². The van der Waals surface area contributed by atoms with Gasteiger partial charge in [0.05, 0.1) is 5.92 Å². The molecule has 0 radical (unpaired) electrons. The minimum Gasteiger partial charge on any atom is -0.480 e. The smallest absolute Gasteiger partial charge is 0.339 e. The Kier molecular flexibility index (Phi) is 9.08. The lowest BCUT2D eigenvalue weighted by Crippen LogP contribution is -2.63. The third kappa shape index (κ3) is 6.86. The number of aliphatic carboxylic acids is 2. The minimum atomic E-state index is -2.82. The molecule has 2 rings (SSSR count). The summed E-state index contributed by atoms with van der Waals surface area (Å²) < 4.78 is 10.3. The molecule has 176 valence electrons. The van der Waals surface area contributed by atoms with Crippen molar-refractivity contribution in [3.05, 3.63) is 71.8 Å². The van der Waals surface area contributed by atoms with Crippen LogP contribution in [0, 0.1) is 5.92 Å². The molecular weight excluding hydrogens is 432 g/mol. The maximum atomic E-state index is 12.9. The number of nitrogens with two attached hydrogens (primary N) is 2. The van der Waals surface area contributed by atoms with Crippen molar-refractivity contribution < 1.29 is 38.9 Å². The van der Waals surface area contributed by atoms with E-state index < -0.39 is 47.8 Å². The van der Waals surface area contributed by atoms with Crippen molar-refractivity contribution in [3.8, 4) is 0 Å². The Morgan fingerprint density at radius 2 is 1.30 bits per heavy atom. The normalized spacial score (nSPS) is 14.4. The number of carbonyl (C=O) groups excluding carboxylic acids is 2. The average molecular weight is 458 g/mol. The third-order valence-corrected chi connectivity index (χ3v) is 5.05. The van der Waals surface area contributed by atoms with E-state index in [0.29, 0.717) is 11.1 Å². The predicted octanol–water partition coefficient (Wildman–Crippen LogP) is 1.06. The molecule has 0 fully saturated rings. The van der Waals surface area contributed by atoms with Crippen LogP contribution in [0.3, 0.4) is 0 Å². The second kappa shape index (κ2) is 11.7. The lowest BCUT2D eigenvalue weighted by Gasteiger charge is -2.30. The molecule has 33 heavy (non-hydrogen) atoms. The number of hydrogen-bond donors (Lipinski definition) is 4. The van der Waals surface area contributed by atoms with Gasteiger partial charge in [-0.15, -0.1) is 0 Å². The molecule has 0 heterocycles. The topological polar surface area (TPSA) is 179 Å². The summed E-state index contributed by atoms with van der Waals surface area (Å²) in [6, 6.07) is 15.6. The summed E-state index contributed by atoms with van der Waals surface area (Å²) in [5.74, 6) is -7.35. The molecular formula is C23H26N2O8. The maximum absolute atomic E-state index is 12.9. The quantitative estimate of drug-likeness (QED) is 0.265. The van der Waals surface area contributed by atoms with Crippen molar-refractivity contribution in [2.45, 2.75) is 37.6 Å². The molecule has 0 aromatic heterocycles. The van der Waals surface area contributed by atoms with E-state index >= 15 is 0 Å². The molecule has 3 atom stereocenters. The highest BCUT2D eigenvalue weighted by Gasteiger charge is 2.55. The van der Waals surface area contributed by atoms with Gasteiger partial charge in [-0.25, -0.2) is 9.59 Å². The number of ether oxygens (including phenoxy) is 2. The Hall–Kier alpha value is -3.76. The first-order valence-electron chi connectivity index (χ1n) is 10.1. The summed E-state index contributed by atoms with van der Waals surface area (Å²) in [5, 5.41) is 18.8. The SMILES string of the molecule is NC(CCC(C(=O)OCc1ccccc1)C(N)(C(=O)O)C(=O)OCc1ccccc1)C(=O)O. The van der Waals surface area contributed by atoms with Crippen molar-refractivity contribution in [1.82, 2.24) is 0 Å². The molecule has 0 bridgehead atoms. The van der Waals surface area contributed by atoms with Gasteiger partial charge in [-0.1, -0.05) is 60.7 Å². The van der Waals surface area contributed by atoms with Crippen molar-refractivity contribution in [2.24, 2.45) is 17.4 Å². The first-order valence-corrected chi connectivity index (χ1v) is 10.1. The van der Waals surface area contributed by atoms with E-state index in [1.165, 1.54) is 0 Å². The molecule has 10 heteroatoms. The minimum absolute atomic E-state index is 0.198. The molecule has 0 amide bonds. The van der Waals surface area contributed by atoms with Crippen LogP contribution < -0.4 is 11.5 Å². The van der Waals surface area contributed by atoms with Crippen LogP contribution in [0.1, 0.15) is 24.0 Å². The number of esters is 2. The fourth-order valence-corrected chi connectivity index (χ4v) is 3.05. The molecule has 0 aliphatic heterocycles. The highest BCUT2D eigenvalue weighted by atomic mass is 16.5. The zero-order valence-electron chi connectivity index (χ0n) is 17.8. The third-order valence-electron chi connectivity index (χ3n) is 5.05. The second-order valence-corrected chi connectivity index (χ2v) is 7.40. The van der Waals surface area contributed by atoms with E-state index in [4.69, 9.17) is 26.0 Å². The Labute approximate surface area is 190 Å². The van der Waals surface area contributed by atoms with E-state index in [1.54, 1.807) is 60.7 Å². The molecule has 0 aliphatic carbocycles. The summed E-state index contributed by atoms with van der Waals surface area (Å²) in [7, 11) is 0. The number of carboxylic acids is 2. The van der Waals surface area contributed by atoms with Gasteiger partial charge in [0, 0.05) is 0 Å². The van der Waals surface area contributed by atoms with Gasteiger partial charge in [0.2, 0.25) is 5.54 Å². The molecule has 0 spiro atoms. The fourth-order valence-electron chi connectivity index (χ4n) is 3.05. The molecule has 0 aliphatic rings. The van der Waals surface area contributed by atoms with Crippen LogP contribution in [0.4, 0.5) is 0 Å². The summed E-state index contributed by atoms with van der Waals surface area (Å²) in [4.78, 5) is 48.8. The van der Waals surface area contributed by atoms with E-state index in [1.807, 2.05) is 0 Å². The number of hydrogen-bond acceptors (Lipinski definition) is 8. The maximum Gasteiger partial charge on any atom is 0.339 e. The van der Waals surface area contributed by atoms with Gasteiger partial charge in [0.15, 0.2) is 0 Å². The summed E-state index contributed by atoms with van der Waals surface area (Å²) in [5.41, 5.74) is 9.85. The number of carbonyl (C=O) groups is 4. The zero-order valence-corrected chi connectivity index (χ0v) is 17.8. The van der Waals surface area contributed by atoms with E-state index in [0.717, 1.165) is 0 Å². The van der Waals surface area contributed by atoms with Crippen LogP contribution in [-0.2, 0) is 41.9 Å². The van der Waals surface area contributed by atoms with Crippen LogP contribution in [0.5, 0.6) is 0 Å². The van der Waals surface area contributed by atoms with Crippen molar-refractivity contribution in [2.75, 3.05) is 0 Å². The molecule has 0 saturated heterocycles. The second-order valence-electron chi connectivity index (χ2n) is 7.40. The van der Waals surface area contributed by atoms with Gasteiger partial charge < -0.3 is 31.2 Å². The Morgan fingerprint density at radius 3 is 1.76 bits per heavy atom. The summed E-state index contributed by atoms with van der Waals surface area (Å²) >= 11 is 0. The van der Waals surface area contributed by atoms with Crippen LogP contribution in [0.15, 0.2) is 60.7 Å². The molecule has 6 N–H and O–H groups in total. The molecule has 3 unspecified atom stereocenters. The van der Waals surface area contributed by atoms with Gasteiger partial charge >= 0.3 is 23.9 Å². The summed E-state index contributed by atoms with van der Waals surface area (Å²) in [6.07, 6.45) is -0.747. The Morgan fingerprint density at radius 1 is 0.818 bits per heavy atom. The lowest BCUT2D eigenvalue weighted by atomic mass is 9.80.